The second kappa shape index (κ2) is 4.89. The lowest BCUT2D eigenvalue weighted by Crippen LogP contribution is -2.27. The fourth-order valence-corrected chi connectivity index (χ4v) is 0.916. The SMILES string of the molecule is CC(C)(C)OCC(=O)Nc1cccnc1. The predicted octanol–water partition coefficient (Wildman–Crippen LogP) is 1.84. The van der Waals surface area contributed by atoms with Gasteiger partial charge in [-0.3, -0.25) is 9.78 Å². The summed E-state index contributed by atoms with van der Waals surface area (Å²) in [7, 11) is 0. The lowest BCUT2D eigenvalue weighted by Gasteiger charge is -2.18. The van der Waals surface area contributed by atoms with E-state index in [2.05, 4.69) is 10.3 Å². The van der Waals surface area contributed by atoms with Gasteiger partial charge in [-0.25, -0.2) is 0 Å². The number of aromatic nitrogens is 1. The van der Waals surface area contributed by atoms with Crippen molar-refractivity contribution in [1.29, 1.82) is 0 Å². The van der Waals surface area contributed by atoms with Crippen molar-refractivity contribution in [2.75, 3.05) is 11.9 Å². The van der Waals surface area contributed by atoms with E-state index >= 15 is 0 Å². The molecule has 1 heterocycles. The highest BCUT2D eigenvalue weighted by Gasteiger charge is 2.12. The van der Waals surface area contributed by atoms with E-state index in [1.165, 1.54) is 0 Å². The molecule has 0 aliphatic heterocycles. The van der Waals surface area contributed by atoms with Gasteiger partial charge in [0.2, 0.25) is 5.91 Å². The molecule has 1 aromatic rings. The summed E-state index contributed by atoms with van der Waals surface area (Å²) in [5, 5.41) is 2.69. The number of ether oxygens (including phenoxy) is 1. The van der Waals surface area contributed by atoms with E-state index in [0.717, 1.165) is 0 Å². The highest BCUT2D eigenvalue weighted by atomic mass is 16.5. The van der Waals surface area contributed by atoms with E-state index < -0.39 is 0 Å². The lowest BCUT2D eigenvalue weighted by molar-refractivity contribution is -0.125. The molecule has 0 saturated heterocycles. The van der Waals surface area contributed by atoms with Crippen molar-refractivity contribution in [2.24, 2.45) is 0 Å². The molecule has 0 atom stereocenters. The quantitative estimate of drug-likeness (QED) is 0.824. The number of hydrogen-bond acceptors (Lipinski definition) is 3. The Bertz CT molecular complexity index is 317. The molecule has 4 nitrogen and oxygen atoms in total. The molecule has 0 aliphatic carbocycles. The molecule has 1 amide bonds. The van der Waals surface area contributed by atoms with Crippen LogP contribution in [0.1, 0.15) is 20.8 Å². The van der Waals surface area contributed by atoms with Crippen LogP contribution in [0.25, 0.3) is 0 Å². The smallest absolute Gasteiger partial charge is 0.250 e. The molecule has 4 heteroatoms. The number of carbonyl (C=O) groups is 1. The highest BCUT2D eigenvalue weighted by molar-refractivity contribution is 5.91. The van der Waals surface area contributed by atoms with Gasteiger partial charge in [0, 0.05) is 6.20 Å². The van der Waals surface area contributed by atoms with Gasteiger partial charge in [0.05, 0.1) is 17.5 Å². The first-order valence-electron chi connectivity index (χ1n) is 4.81. The van der Waals surface area contributed by atoms with Crippen molar-refractivity contribution in [3.8, 4) is 0 Å². The number of rotatable bonds is 3. The summed E-state index contributed by atoms with van der Waals surface area (Å²) in [4.78, 5) is 15.3. The van der Waals surface area contributed by atoms with Gasteiger partial charge in [0.15, 0.2) is 0 Å². The van der Waals surface area contributed by atoms with Gasteiger partial charge in [-0.05, 0) is 32.9 Å². The molecule has 0 bridgehead atoms. The normalized spacial score (nSPS) is 11.1. The molecular weight excluding hydrogens is 192 g/mol. The molecule has 0 aromatic carbocycles. The number of nitrogens with one attached hydrogen (secondary N) is 1. The van der Waals surface area contributed by atoms with Crippen LogP contribution in [0, 0.1) is 0 Å². The second-order valence-corrected chi connectivity index (χ2v) is 4.19. The Hall–Kier alpha value is -1.42. The average molecular weight is 208 g/mol. The number of anilines is 1. The maximum absolute atomic E-state index is 11.4. The van der Waals surface area contributed by atoms with Crippen molar-refractivity contribution >= 4 is 11.6 Å². The minimum Gasteiger partial charge on any atom is -0.366 e. The van der Waals surface area contributed by atoms with Gasteiger partial charge in [0.25, 0.3) is 0 Å². The Labute approximate surface area is 89.7 Å². The summed E-state index contributed by atoms with van der Waals surface area (Å²) >= 11 is 0. The van der Waals surface area contributed by atoms with Crippen LogP contribution in [0.2, 0.25) is 0 Å². The van der Waals surface area contributed by atoms with Gasteiger partial charge in [-0.1, -0.05) is 0 Å². The van der Waals surface area contributed by atoms with Gasteiger partial charge in [-0.15, -0.1) is 0 Å². The fourth-order valence-electron chi connectivity index (χ4n) is 0.916. The minimum absolute atomic E-state index is 0.0540. The lowest BCUT2D eigenvalue weighted by atomic mass is 10.2. The van der Waals surface area contributed by atoms with Crippen LogP contribution in [0.15, 0.2) is 24.5 Å². The zero-order valence-corrected chi connectivity index (χ0v) is 9.28. The molecule has 1 aromatic heterocycles. The average Bonchev–Trinajstić information content (AvgIpc) is 2.15. The molecule has 0 aliphatic rings. The highest BCUT2D eigenvalue weighted by Crippen LogP contribution is 2.07. The van der Waals surface area contributed by atoms with E-state index in [-0.39, 0.29) is 18.1 Å². The summed E-state index contributed by atoms with van der Waals surface area (Å²) in [6.45, 7) is 5.78. The Morgan fingerprint density at radius 2 is 2.27 bits per heavy atom. The van der Waals surface area contributed by atoms with Crippen molar-refractivity contribution in [3.05, 3.63) is 24.5 Å². The van der Waals surface area contributed by atoms with Crippen molar-refractivity contribution in [1.82, 2.24) is 4.98 Å². The van der Waals surface area contributed by atoms with Crippen LogP contribution >= 0.6 is 0 Å². The van der Waals surface area contributed by atoms with Gasteiger partial charge in [0.1, 0.15) is 6.61 Å². The predicted molar refractivity (Wildman–Crippen MR) is 58.6 cm³/mol. The number of pyridine rings is 1. The van der Waals surface area contributed by atoms with E-state index in [0.29, 0.717) is 5.69 Å². The topological polar surface area (TPSA) is 51.2 Å². The van der Waals surface area contributed by atoms with Crippen molar-refractivity contribution in [3.63, 3.8) is 0 Å². The third-order valence-electron chi connectivity index (χ3n) is 1.58. The molecule has 0 spiro atoms. The van der Waals surface area contributed by atoms with Crippen molar-refractivity contribution in [2.45, 2.75) is 26.4 Å². The maximum Gasteiger partial charge on any atom is 0.250 e. The molecule has 1 N–H and O–H groups in total. The summed E-state index contributed by atoms with van der Waals surface area (Å²) in [6, 6.07) is 3.54. The zero-order chi connectivity index (χ0) is 11.3. The maximum atomic E-state index is 11.4. The Kier molecular flexibility index (Phi) is 3.80. The van der Waals surface area contributed by atoms with Crippen LogP contribution in [0.5, 0.6) is 0 Å². The summed E-state index contributed by atoms with van der Waals surface area (Å²) in [6.07, 6.45) is 3.25. The van der Waals surface area contributed by atoms with E-state index in [9.17, 15) is 4.79 Å². The number of nitrogens with zero attached hydrogens (tertiary/aromatic N) is 1. The number of amides is 1. The van der Waals surface area contributed by atoms with Crippen molar-refractivity contribution < 1.29 is 9.53 Å². The van der Waals surface area contributed by atoms with Crippen LogP contribution in [-0.2, 0) is 9.53 Å². The molecule has 0 unspecified atom stereocenters. The largest absolute Gasteiger partial charge is 0.366 e. The molecule has 0 saturated carbocycles. The molecule has 82 valence electrons. The third-order valence-corrected chi connectivity index (χ3v) is 1.58. The summed E-state index contributed by atoms with van der Waals surface area (Å²) < 4.78 is 5.33. The Morgan fingerprint density at radius 3 is 2.80 bits per heavy atom. The third kappa shape index (κ3) is 5.12. The standard InChI is InChI=1S/C11H16N2O2/c1-11(2,3)15-8-10(14)13-9-5-4-6-12-7-9/h4-7H,8H2,1-3H3,(H,13,14). The first-order valence-corrected chi connectivity index (χ1v) is 4.81. The molecular formula is C11H16N2O2. The first-order chi connectivity index (χ1) is 6.97. The van der Waals surface area contributed by atoms with Crippen LogP contribution in [0.3, 0.4) is 0 Å². The monoisotopic (exact) mass is 208 g/mol. The fraction of sp³-hybridized carbons (Fsp3) is 0.455. The van der Waals surface area contributed by atoms with Crippen LogP contribution < -0.4 is 5.32 Å². The van der Waals surface area contributed by atoms with Gasteiger partial charge < -0.3 is 10.1 Å². The summed E-state index contributed by atoms with van der Waals surface area (Å²) in [5.41, 5.74) is 0.381. The first kappa shape index (κ1) is 11.7. The van der Waals surface area contributed by atoms with Gasteiger partial charge >= 0.3 is 0 Å². The molecule has 0 radical (unpaired) electrons. The molecule has 1 rings (SSSR count). The van der Waals surface area contributed by atoms with Gasteiger partial charge in [-0.2, -0.15) is 0 Å². The van der Waals surface area contributed by atoms with E-state index in [1.807, 2.05) is 20.8 Å². The minimum atomic E-state index is -0.299. The molecule has 0 fully saturated rings. The van der Waals surface area contributed by atoms with E-state index in [4.69, 9.17) is 4.74 Å². The van der Waals surface area contributed by atoms with Crippen LogP contribution in [0.4, 0.5) is 5.69 Å². The van der Waals surface area contributed by atoms with E-state index in [1.54, 1.807) is 24.5 Å². The Balaban J connectivity index is 2.38. The van der Waals surface area contributed by atoms with Crippen LogP contribution in [-0.4, -0.2) is 23.1 Å². The number of hydrogen-bond donors (Lipinski definition) is 1. The molecule has 15 heavy (non-hydrogen) atoms. The summed E-state index contributed by atoms with van der Waals surface area (Å²) in [5.74, 6) is -0.169. The second-order valence-electron chi connectivity index (χ2n) is 4.19. The number of carbonyl (C=O) groups excluding carboxylic acids is 1. The zero-order valence-electron chi connectivity index (χ0n) is 9.28. The Morgan fingerprint density at radius 1 is 1.53 bits per heavy atom.